The number of halogens is 1. The molecule has 3 N–H and O–H groups in total. The number of rotatable bonds is 4. The van der Waals surface area contributed by atoms with E-state index in [2.05, 4.69) is 21.1 Å². The minimum atomic E-state index is -0.572. The van der Waals surface area contributed by atoms with Crippen LogP contribution in [0.5, 0.6) is 0 Å². The minimum absolute atomic E-state index is 0.0561. The Labute approximate surface area is 177 Å². The van der Waals surface area contributed by atoms with E-state index in [1.54, 1.807) is 36.4 Å². The Bertz CT molecular complexity index is 950. The van der Waals surface area contributed by atoms with Crippen molar-refractivity contribution >= 4 is 40.6 Å². The molecule has 156 valence electrons. The van der Waals surface area contributed by atoms with Gasteiger partial charge < -0.3 is 10.2 Å². The van der Waals surface area contributed by atoms with Crippen LogP contribution in [0, 0.1) is 10.1 Å². The van der Waals surface area contributed by atoms with Crippen LogP contribution in [0.15, 0.2) is 60.2 Å². The van der Waals surface area contributed by atoms with Gasteiger partial charge in [0, 0.05) is 47.7 Å². The molecular formula is C20H20ClN5O4. The molecular weight excluding hydrogens is 410 g/mol. The summed E-state index contributed by atoms with van der Waals surface area (Å²) in [4.78, 5) is 36.3. The first-order chi connectivity index (χ1) is 14.4. The van der Waals surface area contributed by atoms with Crippen molar-refractivity contribution in [1.82, 2.24) is 10.9 Å². The topological polar surface area (TPSA) is 117 Å². The lowest BCUT2D eigenvalue weighted by molar-refractivity contribution is -0.384. The van der Waals surface area contributed by atoms with Crippen molar-refractivity contribution in [3.8, 4) is 0 Å². The highest BCUT2D eigenvalue weighted by Crippen LogP contribution is 2.24. The maximum Gasteiger partial charge on any atom is 0.337 e. The average Bonchev–Trinajstić information content (AvgIpc) is 2.74. The number of amides is 3. The molecule has 3 amide bonds. The second kappa shape index (κ2) is 9.75. The van der Waals surface area contributed by atoms with Crippen LogP contribution in [0.4, 0.5) is 21.9 Å². The number of urea groups is 1. The summed E-state index contributed by atoms with van der Waals surface area (Å²) in [6.45, 7) is 1.39. The normalized spacial score (nSPS) is 13.4. The van der Waals surface area contributed by atoms with Crippen molar-refractivity contribution in [2.75, 3.05) is 23.3 Å². The van der Waals surface area contributed by atoms with Gasteiger partial charge in [-0.15, -0.1) is 0 Å². The van der Waals surface area contributed by atoms with E-state index in [0.29, 0.717) is 36.6 Å². The summed E-state index contributed by atoms with van der Waals surface area (Å²) in [6, 6.07) is 12.4. The molecule has 1 fully saturated rings. The molecule has 0 atom stereocenters. The number of nitro groups is 1. The van der Waals surface area contributed by atoms with E-state index in [1.165, 1.54) is 18.2 Å². The molecule has 1 heterocycles. The molecule has 1 aliphatic heterocycles. The number of hydrogen-bond donors (Lipinski definition) is 3. The Balaban J connectivity index is 1.44. The van der Waals surface area contributed by atoms with E-state index >= 15 is 0 Å². The zero-order valence-corrected chi connectivity index (χ0v) is 16.7. The van der Waals surface area contributed by atoms with Gasteiger partial charge in [0.25, 0.3) is 11.6 Å². The van der Waals surface area contributed by atoms with Crippen LogP contribution in [0.3, 0.4) is 0 Å². The lowest BCUT2D eigenvalue weighted by Crippen LogP contribution is -2.43. The SMILES string of the molecule is O=C(C=C1CCN(c2ccc([N+](=O)[O-])cc2)CC1)NNC(=O)Nc1ccc(Cl)cc1. The van der Waals surface area contributed by atoms with Crippen molar-refractivity contribution in [3.05, 3.63) is 75.3 Å². The number of nitrogens with zero attached hydrogens (tertiary/aromatic N) is 2. The average molecular weight is 430 g/mol. The Hall–Kier alpha value is -3.59. The Morgan fingerprint density at radius 2 is 1.63 bits per heavy atom. The van der Waals surface area contributed by atoms with Crippen LogP contribution in [0.1, 0.15) is 12.8 Å². The van der Waals surface area contributed by atoms with Gasteiger partial charge in [0.05, 0.1) is 4.92 Å². The third-order valence-corrected chi connectivity index (χ3v) is 4.82. The number of piperidine rings is 1. The second-order valence-electron chi connectivity index (χ2n) is 6.64. The fourth-order valence-corrected chi connectivity index (χ4v) is 3.14. The highest BCUT2D eigenvalue weighted by Gasteiger charge is 2.16. The Morgan fingerprint density at radius 3 is 2.23 bits per heavy atom. The van der Waals surface area contributed by atoms with E-state index in [-0.39, 0.29) is 5.69 Å². The summed E-state index contributed by atoms with van der Waals surface area (Å²) in [5.41, 5.74) is 7.10. The molecule has 3 rings (SSSR count). The minimum Gasteiger partial charge on any atom is -0.371 e. The number of anilines is 2. The van der Waals surface area contributed by atoms with Crippen LogP contribution in [-0.2, 0) is 4.79 Å². The molecule has 0 saturated carbocycles. The monoisotopic (exact) mass is 429 g/mol. The Morgan fingerprint density at radius 1 is 1.00 bits per heavy atom. The number of hydrogen-bond acceptors (Lipinski definition) is 5. The smallest absolute Gasteiger partial charge is 0.337 e. The molecule has 1 aliphatic rings. The van der Waals surface area contributed by atoms with Gasteiger partial charge in [0.2, 0.25) is 0 Å². The number of nitrogens with one attached hydrogen (secondary N) is 3. The van der Waals surface area contributed by atoms with Crippen molar-refractivity contribution in [2.24, 2.45) is 0 Å². The van der Waals surface area contributed by atoms with Gasteiger partial charge in [-0.25, -0.2) is 10.2 Å². The van der Waals surface area contributed by atoms with Crippen LogP contribution >= 0.6 is 11.6 Å². The zero-order chi connectivity index (χ0) is 21.5. The highest BCUT2D eigenvalue weighted by molar-refractivity contribution is 6.30. The van der Waals surface area contributed by atoms with E-state index in [1.807, 2.05) is 0 Å². The molecule has 0 spiro atoms. The molecule has 0 radical (unpaired) electrons. The van der Waals surface area contributed by atoms with Gasteiger partial charge in [-0.05, 0) is 49.2 Å². The zero-order valence-electron chi connectivity index (χ0n) is 15.9. The summed E-state index contributed by atoms with van der Waals surface area (Å²) in [7, 11) is 0. The molecule has 2 aromatic rings. The van der Waals surface area contributed by atoms with Crippen molar-refractivity contribution in [2.45, 2.75) is 12.8 Å². The first-order valence-corrected chi connectivity index (χ1v) is 9.60. The lowest BCUT2D eigenvalue weighted by atomic mass is 10.0. The van der Waals surface area contributed by atoms with Gasteiger partial charge in [-0.2, -0.15) is 0 Å². The quantitative estimate of drug-likeness (QED) is 0.390. The van der Waals surface area contributed by atoms with E-state index in [0.717, 1.165) is 11.3 Å². The van der Waals surface area contributed by atoms with Gasteiger partial charge in [-0.1, -0.05) is 17.2 Å². The number of carbonyl (C=O) groups excluding carboxylic acids is 2. The maximum atomic E-state index is 12.0. The van der Waals surface area contributed by atoms with Gasteiger partial charge >= 0.3 is 6.03 Å². The first kappa shape index (κ1) is 21.1. The van der Waals surface area contributed by atoms with Crippen LogP contribution in [0.25, 0.3) is 0 Å². The molecule has 0 bridgehead atoms. The number of carbonyl (C=O) groups is 2. The molecule has 2 aromatic carbocycles. The summed E-state index contributed by atoms with van der Waals surface area (Å²) >= 11 is 5.79. The standard InChI is InChI=1S/C20H20ClN5O4/c21-15-1-3-16(4-2-15)22-20(28)24-23-19(27)13-14-9-11-25(12-10-14)17-5-7-18(8-6-17)26(29)30/h1-8,13H,9-12H2,(H,23,27)(H2,22,24,28). The maximum absolute atomic E-state index is 12.0. The van der Waals surface area contributed by atoms with E-state index < -0.39 is 16.9 Å². The number of benzene rings is 2. The summed E-state index contributed by atoms with van der Waals surface area (Å²) < 4.78 is 0. The van der Waals surface area contributed by atoms with Crippen LogP contribution in [0.2, 0.25) is 5.02 Å². The number of nitro benzene ring substituents is 1. The van der Waals surface area contributed by atoms with Gasteiger partial charge in [0.15, 0.2) is 0 Å². The molecule has 9 nitrogen and oxygen atoms in total. The second-order valence-corrected chi connectivity index (χ2v) is 7.07. The lowest BCUT2D eigenvalue weighted by Gasteiger charge is -2.30. The van der Waals surface area contributed by atoms with Crippen LogP contribution < -0.4 is 21.1 Å². The molecule has 10 heteroatoms. The largest absolute Gasteiger partial charge is 0.371 e. The fourth-order valence-electron chi connectivity index (χ4n) is 3.02. The molecule has 0 aromatic heterocycles. The third kappa shape index (κ3) is 5.95. The number of hydrazine groups is 1. The number of non-ortho nitro benzene ring substituents is 1. The van der Waals surface area contributed by atoms with Crippen molar-refractivity contribution in [1.29, 1.82) is 0 Å². The predicted molar refractivity (Wildman–Crippen MR) is 114 cm³/mol. The van der Waals surface area contributed by atoms with Crippen molar-refractivity contribution in [3.63, 3.8) is 0 Å². The molecule has 30 heavy (non-hydrogen) atoms. The molecule has 0 unspecified atom stereocenters. The summed E-state index contributed by atoms with van der Waals surface area (Å²) in [5, 5.41) is 13.9. The Kier molecular flexibility index (Phi) is 6.87. The summed E-state index contributed by atoms with van der Waals surface area (Å²) in [6.07, 6.45) is 2.85. The first-order valence-electron chi connectivity index (χ1n) is 9.22. The predicted octanol–water partition coefficient (Wildman–Crippen LogP) is 3.63. The highest BCUT2D eigenvalue weighted by atomic mass is 35.5. The van der Waals surface area contributed by atoms with E-state index in [9.17, 15) is 19.7 Å². The molecule has 1 saturated heterocycles. The summed E-state index contributed by atoms with van der Waals surface area (Å²) in [5.74, 6) is -0.417. The van der Waals surface area contributed by atoms with Crippen LogP contribution in [-0.4, -0.2) is 30.0 Å². The van der Waals surface area contributed by atoms with Gasteiger partial charge in [-0.3, -0.25) is 20.3 Å². The van der Waals surface area contributed by atoms with E-state index in [4.69, 9.17) is 11.6 Å². The third-order valence-electron chi connectivity index (χ3n) is 4.57. The fraction of sp³-hybridized carbons (Fsp3) is 0.200. The molecule has 0 aliphatic carbocycles. The van der Waals surface area contributed by atoms with Crippen molar-refractivity contribution < 1.29 is 14.5 Å². The van der Waals surface area contributed by atoms with Gasteiger partial charge in [0.1, 0.15) is 0 Å².